The van der Waals surface area contributed by atoms with E-state index in [1.54, 1.807) is 31.4 Å². The average molecular weight is 1720 g/mol. The van der Waals surface area contributed by atoms with Gasteiger partial charge in [0.25, 0.3) is 0 Å². The molecule has 4 aliphatic rings. The number of methoxy groups -OCH3 is 1. The van der Waals surface area contributed by atoms with Gasteiger partial charge in [0.1, 0.15) is 97.1 Å². The van der Waals surface area contributed by atoms with Gasteiger partial charge in [0, 0.05) is 55.4 Å². The topological polar surface area (TPSA) is 401 Å². The summed E-state index contributed by atoms with van der Waals surface area (Å²) >= 11 is 0. The summed E-state index contributed by atoms with van der Waals surface area (Å²) < 4.78 is 145. The van der Waals surface area contributed by atoms with Gasteiger partial charge in [-0.05, 0) is 52.1 Å². The van der Waals surface area contributed by atoms with Gasteiger partial charge in [-0.15, -0.1) is 10.2 Å². The second-order valence-corrected chi connectivity index (χ2v) is 29.4. The molecule has 4 aliphatic heterocycles. The number of nitrogens with zero attached hydrogens (tertiary/aromatic N) is 6. The van der Waals surface area contributed by atoms with Gasteiger partial charge in [0.2, 0.25) is 6.29 Å². The van der Waals surface area contributed by atoms with Gasteiger partial charge in [-0.1, -0.05) is 162 Å². The number of carbonyl (C=O) groups is 8. The van der Waals surface area contributed by atoms with Crippen LogP contribution in [0.5, 0.6) is 11.5 Å². The van der Waals surface area contributed by atoms with E-state index in [9.17, 15) is 38.4 Å². The van der Waals surface area contributed by atoms with E-state index in [1.165, 1.54) is 21.8 Å². The molecular formula is C88H100N6O30. The average Bonchev–Trinajstić information content (AvgIpc) is 1.25. The largest absolute Gasteiger partial charge is 0.497 e. The molecule has 0 spiro atoms. The molecule has 0 N–H and O–H groups in total. The molecule has 36 nitrogen and oxygen atoms in total. The van der Waals surface area contributed by atoms with Gasteiger partial charge in [-0.3, -0.25) is 38.4 Å². The molecule has 124 heavy (non-hydrogen) atoms. The van der Waals surface area contributed by atoms with Gasteiger partial charge >= 0.3 is 47.8 Å². The molecule has 6 heterocycles. The summed E-state index contributed by atoms with van der Waals surface area (Å²) in [6.45, 7) is 6.67. The number of hydrogen-bond acceptors (Lipinski definition) is 34. The van der Waals surface area contributed by atoms with Crippen molar-refractivity contribution >= 4 is 47.8 Å². The van der Waals surface area contributed by atoms with Crippen LogP contribution in [0.2, 0.25) is 0 Å². The predicted octanol–water partition coefficient (Wildman–Crippen LogP) is 7.96. The fourth-order valence-corrected chi connectivity index (χ4v) is 14.5. The number of ether oxygens (including phenoxy) is 22. The van der Waals surface area contributed by atoms with Gasteiger partial charge in [-0.2, -0.15) is 0 Å². The summed E-state index contributed by atoms with van der Waals surface area (Å²) in [7, 11) is 1.54. The Balaban J connectivity index is 0.946. The van der Waals surface area contributed by atoms with Crippen LogP contribution in [0.15, 0.2) is 188 Å². The van der Waals surface area contributed by atoms with E-state index in [4.69, 9.17) is 104 Å². The normalized spacial score (nSPS) is 26.0. The van der Waals surface area contributed by atoms with Crippen LogP contribution in [0.1, 0.15) is 107 Å². The zero-order valence-corrected chi connectivity index (χ0v) is 69.7. The Hall–Kier alpha value is -11.5. The van der Waals surface area contributed by atoms with E-state index in [-0.39, 0.29) is 70.8 Å². The molecule has 4 fully saturated rings. The zero-order chi connectivity index (χ0) is 87.6. The molecule has 4 saturated heterocycles. The molecule has 0 unspecified atom stereocenters. The SMILES string of the molecule is COc1ccc(O[C@@H]2O[C@H](COCc3cn([C@@H]4O[C@H](COC(C)=O)[C@@H](OC(C)=O)[C@H](OC(C)=O)[C@H]4OC(C)=O)nn3)[C@@H](O[C@H]3O[C@H](COCc4cn([C@@H]5O[C@H](COC(C)=O)[C@@H](OC(C)=O)[C@H](OC(C)=O)[C@H]5OC(C)=O)nn4)[C@@H](OCc4ccccc4)[C@H](OCc4ccccc4)[C@H]3OCc3ccccc3)[C@H](OCc3ccccc3)[C@H]2OCc2ccccc2)cc1. The van der Waals surface area contributed by atoms with Crippen molar-refractivity contribution in [2.75, 3.05) is 33.5 Å². The minimum absolute atomic E-state index is 0.000213. The number of benzene rings is 6. The lowest BCUT2D eigenvalue weighted by atomic mass is 9.95. The van der Waals surface area contributed by atoms with Crippen molar-refractivity contribution in [1.29, 1.82) is 0 Å². The Bertz CT molecular complexity index is 4730. The van der Waals surface area contributed by atoms with Gasteiger partial charge < -0.3 is 104 Å². The van der Waals surface area contributed by atoms with Crippen LogP contribution in [-0.4, -0.2) is 222 Å². The first-order valence-electron chi connectivity index (χ1n) is 40.1. The lowest BCUT2D eigenvalue weighted by Gasteiger charge is -2.50. The first kappa shape index (κ1) is 91.7. The van der Waals surface area contributed by atoms with E-state index >= 15 is 0 Å². The van der Waals surface area contributed by atoms with E-state index < -0.39 is 184 Å². The minimum Gasteiger partial charge on any atom is -0.497 e. The highest BCUT2D eigenvalue weighted by molar-refractivity contribution is 5.70. The van der Waals surface area contributed by atoms with E-state index in [0.717, 1.165) is 83.2 Å². The quantitative estimate of drug-likeness (QED) is 0.0259. The zero-order valence-electron chi connectivity index (χ0n) is 69.7. The van der Waals surface area contributed by atoms with Gasteiger partial charge in [0.15, 0.2) is 55.4 Å². The lowest BCUT2D eigenvalue weighted by molar-refractivity contribution is -0.372. The molecular weight excluding hydrogens is 1620 g/mol. The second kappa shape index (κ2) is 45.2. The Morgan fingerprint density at radius 1 is 0.306 bits per heavy atom. The number of esters is 8. The molecule has 20 atom stereocenters. The van der Waals surface area contributed by atoms with Crippen molar-refractivity contribution < 1.29 is 143 Å². The van der Waals surface area contributed by atoms with E-state index in [2.05, 4.69) is 20.6 Å². The minimum atomic E-state index is -1.54. The number of carbonyl (C=O) groups excluding carboxylic acids is 8. The van der Waals surface area contributed by atoms with Crippen molar-refractivity contribution in [1.82, 2.24) is 30.0 Å². The molecule has 8 aromatic rings. The first-order chi connectivity index (χ1) is 60.0. The van der Waals surface area contributed by atoms with E-state index in [1.807, 2.05) is 152 Å². The van der Waals surface area contributed by atoms with Gasteiger partial charge in [0.05, 0.1) is 79.0 Å². The monoisotopic (exact) mass is 1720 g/mol. The van der Waals surface area contributed by atoms with Crippen LogP contribution < -0.4 is 9.47 Å². The number of aromatic nitrogens is 6. The van der Waals surface area contributed by atoms with Crippen molar-refractivity contribution in [3.05, 3.63) is 228 Å². The Labute approximate surface area is 714 Å². The Morgan fingerprint density at radius 3 is 0.976 bits per heavy atom. The highest BCUT2D eigenvalue weighted by atomic mass is 16.8. The maximum Gasteiger partial charge on any atom is 0.303 e. The first-order valence-corrected chi connectivity index (χ1v) is 40.1. The standard InChI is InChI=1S/C88H100N6O30/c1-52(95)106-50-71-75(113-54(3)97)79(115-56(5)99)81(117-58(7)101)85(120-71)93-39-65(89-91-93)46-104-48-69-73(108-41-60-25-15-10-16-26-60)77(109-42-61-27-17-11-18-28-61)83(111-44-63-31-21-13-22-32-63)88(122-69)124-74-70(49-105-47-66-40-94(92-90-66)86-82(118-59(8)102)80(116-57(6)100)76(114-55(4)98)72(121-86)51-107-53(2)96)123-87(119-68-37-35-67(103-9)36-38-68)84(112-45-64-33-23-14-24-34-64)78(74)110-43-62-29-19-12-20-30-62/h10-40,69-88H,41-51H2,1-9H3/t69-,70-,71-,72-,73-,74-,75-,76-,77+,78+,79+,80+,81-,82-,83-,84-,85-,86-,87-,88-/m1/s1. The summed E-state index contributed by atoms with van der Waals surface area (Å²) in [5, 5.41) is 17.6. The van der Waals surface area contributed by atoms with Crippen LogP contribution in [0.4, 0.5) is 0 Å². The molecule has 2 aromatic heterocycles. The van der Waals surface area contributed by atoms with Crippen molar-refractivity contribution in [2.24, 2.45) is 0 Å². The van der Waals surface area contributed by atoms with E-state index in [0.29, 0.717) is 11.5 Å². The molecule has 662 valence electrons. The molecule has 0 saturated carbocycles. The van der Waals surface area contributed by atoms with Crippen LogP contribution in [0, 0.1) is 0 Å². The Morgan fingerprint density at radius 2 is 0.613 bits per heavy atom. The highest BCUT2D eigenvalue weighted by Gasteiger charge is 2.58. The maximum atomic E-state index is 13.0. The Kier molecular flexibility index (Phi) is 33.4. The fourth-order valence-electron chi connectivity index (χ4n) is 14.5. The van der Waals surface area contributed by atoms with Crippen LogP contribution in [0.25, 0.3) is 0 Å². The van der Waals surface area contributed by atoms with Crippen LogP contribution in [0.3, 0.4) is 0 Å². The lowest BCUT2D eigenvalue weighted by Crippen LogP contribution is -2.66. The predicted molar refractivity (Wildman–Crippen MR) is 425 cm³/mol. The molecule has 0 aliphatic carbocycles. The van der Waals surface area contributed by atoms with Crippen LogP contribution in [-0.2, 0) is 179 Å². The summed E-state index contributed by atoms with van der Waals surface area (Å²) in [5.41, 5.74) is 4.22. The van der Waals surface area contributed by atoms with Crippen molar-refractivity contribution in [2.45, 2.75) is 224 Å². The molecule has 12 rings (SSSR count). The third kappa shape index (κ3) is 26.0. The number of hydrogen-bond donors (Lipinski definition) is 0. The summed E-state index contributed by atoms with van der Waals surface area (Å²) in [5.74, 6) is -5.51. The fraction of sp³-hybridized carbons (Fsp3) is 0.455. The molecule has 36 heteroatoms. The molecule has 0 amide bonds. The van der Waals surface area contributed by atoms with Crippen molar-refractivity contribution in [3.63, 3.8) is 0 Å². The summed E-state index contributed by atoms with van der Waals surface area (Å²) in [4.78, 5) is 101. The van der Waals surface area contributed by atoms with Gasteiger partial charge in [-0.25, -0.2) is 9.36 Å². The van der Waals surface area contributed by atoms with Crippen LogP contribution >= 0.6 is 0 Å². The highest BCUT2D eigenvalue weighted by Crippen LogP contribution is 2.41. The maximum absolute atomic E-state index is 13.0. The molecule has 0 radical (unpaired) electrons. The third-order valence-corrected chi connectivity index (χ3v) is 19.8. The molecule has 6 aromatic carbocycles. The molecule has 0 bridgehead atoms. The summed E-state index contributed by atoms with van der Waals surface area (Å²) in [6.07, 6.45) is -24.2. The number of rotatable bonds is 40. The second-order valence-electron chi connectivity index (χ2n) is 29.4. The smallest absolute Gasteiger partial charge is 0.303 e. The third-order valence-electron chi connectivity index (χ3n) is 19.8. The van der Waals surface area contributed by atoms with Crippen molar-refractivity contribution in [3.8, 4) is 11.5 Å². The summed E-state index contributed by atoms with van der Waals surface area (Å²) in [6, 6.07) is 54.2.